The minimum atomic E-state index is -4.59. The van der Waals surface area contributed by atoms with Gasteiger partial charge in [0, 0.05) is 12.5 Å². The number of carbonyl (C=O) groups excluding carboxylic acids is 1. The van der Waals surface area contributed by atoms with Crippen molar-refractivity contribution in [3.05, 3.63) is 36.0 Å². The molecule has 1 unspecified atom stereocenters. The zero-order valence-electron chi connectivity index (χ0n) is 21.4. The van der Waals surface area contributed by atoms with E-state index in [9.17, 15) is 28.2 Å². The van der Waals surface area contributed by atoms with E-state index in [0.29, 0.717) is 19.4 Å². The molecule has 3 fully saturated rings. The molecule has 3 saturated heterocycles. The van der Waals surface area contributed by atoms with Gasteiger partial charge in [0.05, 0.1) is 42.1 Å². The summed E-state index contributed by atoms with van der Waals surface area (Å²) in [5.41, 5.74) is -2.22. The van der Waals surface area contributed by atoms with Gasteiger partial charge >= 0.3 is 6.18 Å². The van der Waals surface area contributed by atoms with Crippen LogP contribution in [0.3, 0.4) is 0 Å². The van der Waals surface area contributed by atoms with Crippen LogP contribution in [0.4, 0.5) is 13.2 Å². The van der Waals surface area contributed by atoms with Crippen molar-refractivity contribution in [3.8, 4) is 0 Å². The number of allylic oxidation sites excluding steroid dienone is 2. The molecule has 204 valence electrons. The number of hydrogen-bond donors (Lipinski definition) is 3. The molecule has 3 N–H and O–H groups in total. The van der Waals surface area contributed by atoms with Crippen molar-refractivity contribution in [1.29, 1.82) is 0 Å². The normalized spacial score (nSPS) is 38.0. The highest BCUT2D eigenvalue weighted by Crippen LogP contribution is 2.46. The summed E-state index contributed by atoms with van der Waals surface area (Å²) in [7, 11) is 0. The van der Waals surface area contributed by atoms with E-state index in [1.54, 1.807) is 6.92 Å². The monoisotopic (exact) mass is 517 g/mol. The maximum atomic E-state index is 13.8. The Morgan fingerprint density at radius 3 is 2.50 bits per heavy atom. The molecular weight excluding hydrogens is 479 g/mol. The van der Waals surface area contributed by atoms with Gasteiger partial charge in [-0.2, -0.15) is 13.2 Å². The maximum absolute atomic E-state index is 13.8. The van der Waals surface area contributed by atoms with E-state index in [1.165, 1.54) is 25.2 Å². The fraction of sp³-hybridized carbons (Fsp3) is 0.731. The second kappa shape index (κ2) is 10.9. The lowest BCUT2D eigenvalue weighted by molar-refractivity contribution is -0.171. The molecule has 0 aliphatic carbocycles. The lowest BCUT2D eigenvalue weighted by Gasteiger charge is -2.41. The first-order valence-electron chi connectivity index (χ1n) is 12.4. The Labute approximate surface area is 210 Å². The summed E-state index contributed by atoms with van der Waals surface area (Å²) in [6, 6.07) is -0.293. The Morgan fingerprint density at radius 2 is 1.92 bits per heavy atom. The van der Waals surface area contributed by atoms with Gasteiger partial charge in [0.15, 0.2) is 0 Å². The first-order chi connectivity index (χ1) is 16.6. The summed E-state index contributed by atoms with van der Waals surface area (Å²) in [5.74, 6) is -0.460. The predicted octanol–water partition coefficient (Wildman–Crippen LogP) is 3.35. The van der Waals surface area contributed by atoms with E-state index in [4.69, 9.17) is 14.2 Å². The van der Waals surface area contributed by atoms with Gasteiger partial charge in [0.25, 0.3) is 0 Å². The summed E-state index contributed by atoms with van der Waals surface area (Å²) < 4.78 is 58.6. The molecule has 1 amide bonds. The van der Waals surface area contributed by atoms with Crippen molar-refractivity contribution in [1.82, 2.24) is 5.32 Å². The fourth-order valence-electron chi connectivity index (χ4n) is 5.00. The molecule has 0 aromatic rings. The third kappa shape index (κ3) is 7.41. The summed E-state index contributed by atoms with van der Waals surface area (Å²) >= 11 is 0. The van der Waals surface area contributed by atoms with E-state index in [1.807, 2.05) is 20.8 Å². The van der Waals surface area contributed by atoms with Crippen molar-refractivity contribution >= 4 is 5.91 Å². The number of epoxide rings is 1. The number of halogens is 3. The SMILES string of the molecule is C[C@@H](O)C=CC(=O)NC1C[C@H](C)[C@H](CC=C(C=C[C@H]2OC(C)(C)C[C@@]3(CO3)[C@@H]2O)C(F)(F)F)O[C@@H]1C. The number of hydrogen-bond acceptors (Lipinski definition) is 6. The molecule has 1 spiro atoms. The third-order valence-corrected chi connectivity index (χ3v) is 6.98. The van der Waals surface area contributed by atoms with E-state index in [2.05, 4.69) is 5.32 Å². The van der Waals surface area contributed by atoms with Crippen LogP contribution < -0.4 is 5.32 Å². The van der Waals surface area contributed by atoms with Crippen LogP contribution in [0.1, 0.15) is 53.9 Å². The molecule has 3 rings (SSSR count). The van der Waals surface area contributed by atoms with E-state index < -0.39 is 53.5 Å². The van der Waals surface area contributed by atoms with E-state index in [-0.39, 0.29) is 24.3 Å². The van der Waals surface area contributed by atoms with Crippen LogP contribution in [-0.2, 0) is 19.0 Å². The van der Waals surface area contributed by atoms with Crippen molar-refractivity contribution in [2.75, 3.05) is 6.61 Å². The lowest BCUT2D eigenvalue weighted by atomic mass is 9.83. The van der Waals surface area contributed by atoms with Crippen LogP contribution in [0, 0.1) is 5.92 Å². The van der Waals surface area contributed by atoms with Crippen LogP contribution in [0.25, 0.3) is 0 Å². The molecular formula is C26H38F3NO6. The molecule has 0 aromatic heterocycles. The highest BCUT2D eigenvalue weighted by molar-refractivity contribution is 5.87. The number of amides is 1. The molecule has 7 nitrogen and oxygen atoms in total. The third-order valence-electron chi connectivity index (χ3n) is 6.98. The highest BCUT2D eigenvalue weighted by Gasteiger charge is 2.60. The molecule has 3 heterocycles. The van der Waals surface area contributed by atoms with Gasteiger partial charge in [-0.25, -0.2) is 0 Å². The average Bonchev–Trinajstić information content (AvgIpc) is 3.51. The highest BCUT2D eigenvalue weighted by atomic mass is 19.4. The van der Waals surface area contributed by atoms with Crippen LogP contribution in [0.2, 0.25) is 0 Å². The average molecular weight is 518 g/mol. The van der Waals surface area contributed by atoms with Gasteiger partial charge in [0.1, 0.15) is 17.8 Å². The number of carbonyl (C=O) groups is 1. The summed E-state index contributed by atoms with van der Waals surface area (Å²) in [6.45, 7) is 9.19. The van der Waals surface area contributed by atoms with Crippen LogP contribution in [0.5, 0.6) is 0 Å². The van der Waals surface area contributed by atoms with E-state index >= 15 is 0 Å². The molecule has 0 radical (unpaired) electrons. The summed E-state index contributed by atoms with van der Waals surface area (Å²) in [5, 5.41) is 22.7. The largest absolute Gasteiger partial charge is 0.416 e. The minimum Gasteiger partial charge on any atom is -0.389 e. The number of nitrogens with one attached hydrogen (secondary N) is 1. The van der Waals surface area contributed by atoms with Gasteiger partial charge in [-0.3, -0.25) is 4.79 Å². The Morgan fingerprint density at radius 1 is 1.25 bits per heavy atom. The molecule has 0 bridgehead atoms. The van der Waals surface area contributed by atoms with Crippen molar-refractivity contribution in [3.63, 3.8) is 0 Å². The van der Waals surface area contributed by atoms with Gasteiger partial charge in [0.2, 0.25) is 5.91 Å². The maximum Gasteiger partial charge on any atom is 0.416 e. The van der Waals surface area contributed by atoms with Crippen LogP contribution in [0.15, 0.2) is 36.0 Å². The molecule has 3 aliphatic rings. The topological polar surface area (TPSA) is 101 Å². The predicted molar refractivity (Wildman–Crippen MR) is 127 cm³/mol. The van der Waals surface area contributed by atoms with Gasteiger partial charge in [-0.1, -0.05) is 31.2 Å². The Hall–Kier alpha value is -1.72. The number of rotatable bonds is 7. The number of ether oxygens (including phenoxy) is 3. The Bertz CT molecular complexity index is 877. The Balaban J connectivity index is 1.65. The zero-order valence-corrected chi connectivity index (χ0v) is 21.4. The first kappa shape index (κ1) is 28.8. The van der Waals surface area contributed by atoms with Gasteiger partial charge < -0.3 is 29.7 Å². The molecule has 10 heteroatoms. The number of alkyl halides is 3. The Kier molecular flexibility index (Phi) is 8.77. The van der Waals surface area contributed by atoms with Crippen molar-refractivity contribution in [2.45, 2.75) is 108 Å². The van der Waals surface area contributed by atoms with Crippen molar-refractivity contribution in [2.24, 2.45) is 5.92 Å². The van der Waals surface area contributed by atoms with Crippen LogP contribution in [-0.4, -0.2) is 76.7 Å². The molecule has 0 aromatic carbocycles. The second-order valence-electron chi connectivity index (χ2n) is 10.9. The number of aliphatic hydroxyl groups excluding tert-OH is 2. The van der Waals surface area contributed by atoms with Gasteiger partial charge in [-0.05, 0) is 46.5 Å². The molecule has 3 aliphatic heterocycles. The molecule has 36 heavy (non-hydrogen) atoms. The zero-order chi connectivity index (χ0) is 26.9. The van der Waals surface area contributed by atoms with Crippen LogP contribution >= 0.6 is 0 Å². The fourth-order valence-corrected chi connectivity index (χ4v) is 5.00. The first-order valence-corrected chi connectivity index (χ1v) is 12.4. The standard InChI is InChI=1S/C26H38F3NO6/c1-15-12-19(30-22(32)11-6-16(2)31)17(3)35-20(15)9-7-18(26(27,28)29)8-10-21-23(33)25(14-34-25)13-24(4,5)36-21/h6-8,10-11,15-17,19-21,23,31,33H,9,12-14H2,1-5H3,(H,30,32)/t15-,16+,17+,19?,20-,21+,23+,25+/m0/s1. The van der Waals surface area contributed by atoms with Gasteiger partial charge in [-0.15, -0.1) is 0 Å². The quantitative estimate of drug-likeness (QED) is 0.272. The minimum absolute atomic E-state index is 0.0416. The molecule has 8 atom stereocenters. The van der Waals surface area contributed by atoms with E-state index in [0.717, 1.165) is 12.2 Å². The smallest absolute Gasteiger partial charge is 0.389 e. The number of aliphatic hydroxyl groups is 2. The summed E-state index contributed by atoms with van der Waals surface area (Å²) in [4.78, 5) is 12.0. The second-order valence-corrected chi connectivity index (χ2v) is 10.9. The van der Waals surface area contributed by atoms with Crippen molar-refractivity contribution < 1.29 is 42.4 Å². The molecule has 0 saturated carbocycles. The summed E-state index contributed by atoms with van der Waals surface area (Å²) in [6.07, 6.45) is -1.13. The lowest BCUT2D eigenvalue weighted by Crippen LogP contribution is -2.53.